The Bertz CT molecular complexity index is 1060. The molecule has 8 rings (SSSR count). The van der Waals surface area contributed by atoms with Gasteiger partial charge in [-0.3, -0.25) is 4.67 Å². The molecule has 4 heterocycles. The van der Waals surface area contributed by atoms with Crippen LogP contribution in [0.1, 0.15) is 67.9 Å². The van der Waals surface area contributed by atoms with E-state index in [1.54, 1.807) is 22.3 Å². The molecule has 30 heavy (non-hydrogen) atoms. The van der Waals surface area contributed by atoms with Crippen molar-refractivity contribution in [3.8, 4) is 0 Å². The van der Waals surface area contributed by atoms with Crippen molar-refractivity contribution in [1.29, 1.82) is 0 Å². The summed E-state index contributed by atoms with van der Waals surface area (Å²) in [6.07, 6.45) is 0. The van der Waals surface area contributed by atoms with Gasteiger partial charge in [-0.2, -0.15) is 0 Å². The van der Waals surface area contributed by atoms with Gasteiger partial charge in [-0.1, -0.05) is 97.1 Å². The zero-order valence-electron chi connectivity index (χ0n) is 16.4. The van der Waals surface area contributed by atoms with Gasteiger partial charge in [-0.25, -0.2) is 0 Å². The first-order valence-electron chi connectivity index (χ1n) is 10.9. The predicted octanol–water partition coefficient (Wildman–Crippen LogP) is 7.10. The standard InChI is InChI=1S/C28H20NP/c1-2-10-18-17(9-1)25-19-11-3-4-12-20(19)26(18)29(25)30-27-21-13-5-6-14-22(21)28(30)24-16-8-7-15-23(24)27/h1-16,25-28H. The summed E-state index contributed by atoms with van der Waals surface area (Å²) in [6, 6.07) is 37.7. The molecular weight excluding hydrogens is 381 g/mol. The van der Waals surface area contributed by atoms with Gasteiger partial charge in [0, 0.05) is 11.3 Å². The lowest BCUT2D eigenvalue weighted by atomic mass is 9.86. The molecule has 0 aliphatic carbocycles. The third-order valence-electron chi connectivity index (χ3n) is 7.67. The Labute approximate surface area is 177 Å². The number of hydrogen-bond donors (Lipinski definition) is 0. The number of fused-ring (bicyclic) bond motifs is 17. The average Bonchev–Trinajstić information content (AvgIpc) is 3.52. The van der Waals surface area contributed by atoms with Crippen molar-refractivity contribution in [3.05, 3.63) is 142 Å². The fraction of sp³-hybridized carbons (Fsp3) is 0.143. The molecule has 0 saturated heterocycles. The van der Waals surface area contributed by atoms with Crippen LogP contribution in [-0.2, 0) is 0 Å². The smallest absolute Gasteiger partial charge is 0.0654 e. The van der Waals surface area contributed by atoms with Crippen molar-refractivity contribution < 1.29 is 0 Å². The first kappa shape index (κ1) is 16.0. The van der Waals surface area contributed by atoms with Crippen molar-refractivity contribution in [2.24, 2.45) is 0 Å². The average molecular weight is 401 g/mol. The number of benzene rings is 4. The fourth-order valence-corrected chi connectivity index (χ4v) is 10.6. The van der Waals surface area contributed by atoms with Crippen molar-refractivity contribution in [3.63, 3.8) is 0 Å². The maximum absolute atomic E-state index is 2.94. The minimum absolute atomic E-state index is 0.387. The monoisotopic (exact) mass is 401 g/mol. The Hall–Kier alpha value is -2.73. The molecule has 1 nitrogen and oxygen atoms in total. The molecule has 142 valence electrons. The van der Waals surface area contributed by atoms with Crippen LogP contribution in [0.3, 0.4) is 0 Å². The predicted molar refractivity (Wildman–Crippen MR) is 122 cm³/mol. The van der Waals surface area contributed by atoms with Crippen LogP contribution in [0, 0.1) is 0 Å². The third-order valence-corrected chi connectivity index (χ3v) is 10.8. The summed E-state index contributed by atoms with van der Waals surface area (Å²) in [5.74, 6) is 0. The Morgan fingerprint density at radius 1 is 0.400 bits per heavy atom. The molecule has 0 fully saturated rings. The van der Waals surface area contributed by atoms with Crippen LogP contribution in [-0.4, -0.2) is 4.67 Å². The van der Waals surface area contributed by atoms with Gasteiger partial charge in [0.2, 0.25) is 0 Å². The molecule has 0 unspecified atom stereocenters. The Balaban J connectivity index is 1.38. The topological polar surface area (TPSA) is 3.24 Å². The van der Waals surface area contributed by atoms with E-state index in [9.17, 15) is 0 Å². The Kier molecular flexibility index (Phi) is 2.93. The lowest BCUT2D eigenvalue weighted by Gasteiger charge is -2.33. The lowest BCUT2D eigenvalue weighted by Crippen LogP contribution is -2.16. The second-order valence-corrected chi connectivity index (χ2v) is 11.1. The quantitative estimate of drug-likeness (QED) is 0.308. The third kappa shape index (κ3) is 1.71. The van der Waals surface area contributed by atoms with Gasteiger partial charge in [0.15, 0.2) is 0 Å². The molecule has 0 atom stereocenters. The Morgan fingerprint density at radius 3 is 0.967 bits per heavy atom. The van der Waals surface area contributed by atoms with Crippen LogP contribution in [0.2, 0.25) is 0 Å². The van der Waals surface area contributed by atoms with Crippen LogP contribution in [0.4, 0.5) is 0 Å². The molecule has 2 heteroatoms. The van der Waals surface area contributed by atoms with E-state index in [4.69, 9.17) is 0 Å². The summed E-state index contributed by atoms with van der Waals surface area (Å²) >= 11 is 0. The van der Waals surface area contributed by atoms with Gasteiger partial charge < -0.3 is 0 Å². The van der Waals surface area contributed by atoms with E-state index in [-0.39, 0.29) is 8.07 Å². The van der Waals surface area contributed by atoms with Gasteiger partial charge in [0.1, 0.15) is 0 Å². The molecule has 0 N–H and O–H groups in total. The number of rotatable bonds is 1. The maximum Gasteiger partial charge on any atom is 0.0654 e. The second-order valence-electron chi connectivity index (χ2n) is 8.89. The van der Waals surface area contributed by atoms with Gasteiger partial charge in [-0.05, 0) is 52.6 Å². The van der Waals surface area contributed by atoms with Gasteiger partial charge >= 0.3 is 0 Å². The van der Waals surface area contributed by atoms with Crippen LogP contribution >= 0.6 is 8.07 Å². The largest absolute Gasteiger partial charge is 0.257 e. The molecule has 4 aromatic rings. The molecule has 4 aromatic carbocycles. The summed E-state index contributed by atoms with van der Waals surface area (Å²) in [5.41, 5.74) is 13.5. The highest BCUT2D eigenvalue weighted by atomic mass is 31.1. The molecule has 4 bridgehead atoms. The van der Waals surface area contributed by atoms with Crippen LogP contribution in [0.5, 0.6) is 0 Å². The summed E-state index contributed by atoms with van der Waals surface area (Å²) in [4.78, 5) is 0. The second kappa shape index (κ2) is 5.49. The van der Waals surface area contributed by atoms with Crippen LogP contribution in [0.15, 0.2) is 97.1 Å². The van der Waals surface area contributed by atoms with E-state index in [1.807, 2.05) is 0 Å². The van der Waals surface area contributed by atoms with Crippen LogP contribution < -0.4 is 0 Å². The SMILES string of the molecule is c1ccc2c(c1)C1c3ccccc3C2N1P1C2c3ccccc3C1c1ccccc12. The van der Waals surface area contributed by atoms with Gasteiger partial charge in [0.05, 0.1) is 12.1 Å². The highest BCUT2D eigenvalue weighted by molar-refractivity contribution is 7.57. The van der Waals surface area contributed by atoms with Gasteiger partial charge in [0.25, 0.3) is 0 Å². The van der Waals surface area contributed by atoms with E-state index in [1.165, 1.54) is 22.3 Å². The highest BCUT2D eigenvalue weighted by Crippen LogP contribution is 2.84. The summed E-state index contributed by atoms with van der Waals surface area (Å²) in [7, 11) is -0.387. The summed E-state index contributed by atoms with van der Waals surface area (Å²) in [6.45, 7) is 0. The summed E-state index contributed by atoms with van der Waals surface area (Å²) in [5, 5.41) is 0. The van der Waals surface area contributed by atoms with Gasteiger partial charge in [-0.15, -0.1) is 0 Å². The minimum atomic E-state index is -0.387. The van der Waals surface area contributed by atoms with Crippen LogP contribution in [0.25, 0.3) is 0 Å². The van der Waals surface area contributed by atoms with E-state index < -0.39 is 0 Å². The molecule has 0 aromatic heterocycles. The zero-order valence-corrected chi connectivity index (χ0v) is 17.3. The molecule has 0 radical (unpaired) electrons. The number of nitrogens with zero attached hydrogens (tertiary/aromatic N) is 1. The molecule has 0 spiro atoms. The molecule has 0 saturated carbocycles. The van der Waals surface area contributed by atoms with Crippen molar-refractivity contribution in [2.45, 2.75) is 23.4 Å². The first-order chi connectivity index (χ1) is 14.9. The molecule has 0 amide bonds. The number of hydrogen-bond acceptors (Lipinski definition) is 1. The van der Waals surface area contributed by atoms with E-state index in [0.29, 0.717) is 23.4 Å². The van der Waals surface area contributed by atoms with E-state index >= 15 is 0 Å². The first-order valence-corrected chi connectivity index (χ1v) is 12.3. The maximum atomic E-state index is 2.94. The highest BCUT2D eigenvalue weighted by Gasteiger charge is 2.59. The molecule has 4 aliphatic heterocycles. The van der Waals surface area contributed by atoms with Crippen molar-refractivity contribution in [1.82, 2.24) is 4.67 Å². The minimum Gasteiger partial charge on any atom is -0.257 e. The Morgan fingerprint density at radius 2 is 0.667 bits per heavy atom. The molecular formula is C28H20NP. The van der Waals surface area contributed by atoms with Crippen molar-refractivity contribution >= 4 is 8.07 Å². The fourth-order valence-electron chi connectivity index (χ4n) is 6.68. The normalized spacial score (nSPS) is 28.9. The van der Waals surface area contributed by atoms with Crippen molar-refractivity contribution in [2.75, 3.05) is 0 Å². The van der Waals surface area contributed by atoms with E-state index in [0.717, 1.165) is 0 Å². The zero-order chi connectivity index (χ0) is 19.4. The summed E-state index contributed by atoms with van der Waals surface area (Å²) < 4.78 is 2.94. The van der Waals surface area contributed by atoms with E-state index in [2.05, 4.69) is 102 Å². The lowest BCUT2D eigenvalue weighted by molar-refractivity contribution is 0.417. The molecule has 4 aliphatic rings.